The second-order valence-electron chi connectivity index (χ2n) is 5.90. The molecule has 1 saturated heterocycles. The molecule has 23 heavy (non-hydrogen) atoms. The van der Waals surface area contributed by atoms with E-state index in [4.69, 9.17) is 4.74 Å². The Labute approximate surface area is 143 Å². The van der Waals surface area contributed by atoms with Crippen LogP contribution in [0.3, 0.4) is 0 Å². The molecule has 1 aliphatic heterocycles. The summed E-state index contributed by atoms with van der Waals surface area (Å²) in [7, 11) is 2.15. The smallest absolute Gasteiger partial charge is 0.0594 e. The molecule has 122 valence electrons. The fraction of sp³-hybridized carbons (Fsp3) is 0.368. The van der Waals surface area contributed by atoms with Gasteiger partial charge in [-0.1, -0.05) is 42.5 Å². The second kappa shape index (κ2) is 8.50. The molecule has 1 heterocycles. The maximum Gasteiger partial charge on any atom is 0.0594 e. The lowest BCUT2D eigenvalue weighted by Crippen LogP contribution is -2.35. The molecule has 2 aromatic carbocycles. The molecule has 3 nitrogen and oxygen atoms in total. The van der Waals surface area contributed by atoms with E-state index in [-0.39, 0.29) is 0 Å². The average Bonchev–Trinajstić information content (AvgIpc) is 2.57. The molecular weight excluding hydrogens is 304 g/mol. The zero-order chi connectivity index (χ0) is 15.9. The van der Waals surface area contributed by atoms with Gasteiger partial charge in [-0.2, -0.15) is 0 Å². The van der Waals surface area contributed by atoms with Crippen molar-refractivity contribution in [2.75, 3.05) is 33.4 Å². The first-order chi connectivity index (χ1) is 11.3. The van der Waals surface area contributed by atoms with Crippen LogP contribution in [0.1, 0.15) is 11.1 Å². The van der Waals surface area contributed by atoms with E-state index < -0.39 is 0 Å². The number of nitrogens with zero attached hydrogens (tertiary/aromatic N) is 2. The third-order valence-electron chi connectivity index (χ3n) is 3.92. The van der Waals surface area contributed by atoms with Gasteiger partial charge in [-0.3, -0.25) is 4.90 Å². The average molecular weight is 328 g/mol. The molecule has 0 bridgehead atoms. The Hall–Kier alpha value is -1.33. The van der Waals surface area contributed by atoms with Gasteiger partial charge in [0.05, 0.1) is 13.2 Å². The van der Waals surface area contributed by atoms with Crippen LogP contribution in [0.4, 0.5) is 0 Å². The third-order valence-corrected chi connectivity index (χ3v) is 4.82. The predicted molar refractivity (Wildman–Crippen MR) is 96.3 cm³/mol. The minimum Gasteiger partial charge on any atom is -0.379 e. The summed E-state index contributed by atoms with van der Waals surface area (Å²) in [5.41, 5.74) is 2.72. The molecule has 0 amide bonds. The van der Waals surface area contributed by atoms with Crippen molar-refractivity contribution in [3.05, 3.63) is 65.7 Å². The summed E-state index contributed by atoms with van der Waals surface area (Å²) in [4.78, 5) is 3.76. The molecule has 1 aliphatic rings. The monoisotopic (exact) mass is 328 g/mol. The number of hydrogen-bond donors (Lipinski definition) is 0. The molecule has 0 radical (unpaired) electrons. The molecule has 0 N–H and O–H groups in total. The van der Waals surface area contributed by atoms with Crippen molar-refractivity contribution in [3.63, 3.8) is 0 Å². The van der Waals surface area contributed by atoms with Gasteiger partial charge in [-0.15, -0.1) is 0 Å². The van der Waals surface area contributed by atoms with E-state index >= 15 is 0 Å². The van der Waals surface area contributed by atoms with Crippen molar-refractivity contribution in [1.29, 1.82) is 0 Å². The molecule has 1 fully saturated rings. The minimum absolute atomic E-state index is 0.855. The Kier molecular flexibility index (Phi) is 6.11. The molecule has 0 unspecified atom stereocenters. The number of benzene rings is 2. The van der Waals surface area contributed by atoms with Crippen LogP contribution in [-0.2, 0) is 17.8 Å². The SMILES string of the molecule is CN(Cc1ccccc1)Sc1cccc(CN2CCOCC2)c1. The highest BCUT2D eigenvalue weighted by Gasteiger charge is 2.11. The lowest BCUT2D eigenvalue weighted by atomic mass is 10.2. The maximum atomic E-state index is 5.42. The molecule has 0 aromatic heterocycles. The van der Waals surface area contributed by atoms with Gasteiger partial charge in [0.25, 0.3) is 0 Å². The standard InChI is InChI=1S/C19H24N2OS/c1-20(15-17-6-3-2-4-7-17)23-19-9-5-8-18(14-19)16-21-10-12-22-13-11-21/h2-9,14H,10-13,15-16H2,1H3. The van der Waals surface area contributed by atoms with E-state index in [2.05, 4.69) is 70.9 Å². The summed E-state index contributed by atoms with van der Waals surface area (Å²) in [6.07, 6.45) is 0. The highest BCUT2D eigenvalue weighted by molar-refractivity contribution is 7.97. The van der Waals surface area contributed by atoms with Gasteiger partial charge in [0.15, 0.2) is 0 Å². The molecule has 2 aromatic rings. The van der Waals surface area contributed by atoms with Gasteiger partial charge >= 0.3 is 0 Å². The highest BCUT2D eigenvalue weighted by atomic mass is 32.2. The highest BCUT2D eigenvalue weighted by Crippen LogP contribution is 2.24. The summed E-state index contributed by atoms with van der Waals surface area (Å²) < 4.78 is 7.70. The fourth-order valence-electron chi connectivity index (χ4n) is 2.77. The molecule has 4 heteroatoms. The molecule has 3 rings (SSSR count). The quantitative estimate of drug-likeness (QED) is 0.752. The van der Waals surface area contributed by atoms with Crippen molar-refractivity contribution in [3.8, 4) is 0 Å². The largest absolute Gasteiger partial charge is 0.379 e. The van der Waals surface area contributed by atoms with Gasteiger partial charge in [0, 0.05) is 31.1 Å². The van der Waals surface area contributed by atoms with Crippen LogP contribution in [0.15, 0.2) is 59.5 Å². The van der Waals surface area contributed by atoms with Crippen molar-refractivity contribution in [2.45, 2.75) is 18.0 Å². The number of ether oxygens (including phenoxy) is 1. The van der Waals surface area contributed by atoms with Crippen LogP contribution in [0.2, 0.25) is 0 Å². The van der Waals surface area contributed by atoms with Gasteiger partial charge in [0.2, 0.25) is 0 Å². The number of morpholine rings is 1. The van der Waals surface area contributed by atoms with Gasteiger partial charge < -0.3 is 4.74 Å². The Balaban J connectivity index is 1.56. The van der Waals surface area contributed by atoms with E-state index in [1.165, 1.54) is 16.0 Å². The van der Waals surface area contributed by atoms with E-state index in [1.54, 1.807) is 11.9 Å². The molecule has 0 atom stereocenters. The zero-order valence-electron chi connectivity index (χ0n) is 13.6. The van der Waals surface area contributed by atoms with Crippen LogP contribution in [0.25, 0.3) is 0 Å². The van der Waals surface area contributed by atoms with Gasteiger partial charge in [-0.05, 0) is 42.3 Å². The summed E-state index contributed by atoms with van der Waals surface area (Å²) in [6.45, 7) is 5.73. The van der Waals surface area contributed by atoms with E-state index in [0.29, 0.717) is 0 Å². The van der Waals surface area contributed by atoms with E-state index in [1.807, 2.05) is 0 Å². The van der Waals surface area contributed by atoms with Crippen molar-refractivity contribution >= 4 is 11.9 Å². The first-order valence-electron chi connectivity index (χ1n) is 8.12. The van der Waals surface area contributed by atoms with Crippen molar-refractivity contribution < 1.29 is 4.74 Å². The summed E-state index contributed by atoms with van der Waals surface area (Å²) >= 11 is 1.80. The summed E-state index contributed by atoms with van der Waals surface area (Å²) in [5.74, 6) is 0. The molecular formula is C19H24N2OS. The van der Waals surface area contributed by atoms with Gasteiger partial charge in [0.1, 0.15) is 0 Å². The van der Waals surface area contributed by atoms with Crippen LogP contribution < -0.4 is 0 Å². The lowest BCUT2D eigenvalue weighted by molar-refractivity contribution is 0.0341. The Morgan fingerprint density at radius 1 is 1.00 bits per heavy atom. The van der Waals surface area contributed by atoms with Crippen LogP contribution in [-0.4, -0.2) is 42.6 Å². The van der Waals surface area contributed by atoms with Crippen LogP contribution >= 0.6 is 11.9 Å². The summed E-state index contributed by atoms with van der Waals surface area (Å²) in [5, 5.41) is 0. The Morgan fingerprint density at radius 2 is 1.74 bits per heavy atom. The Bertz CT molecular complexity index is 599. The van der Waals surface area contributed by atoms with Crippen LogP contribution in [0.5, 0.6) is 0 Å². The third kappa shape index (κ3) is 5.36. The first kappa shape index (κ1) is 16.5. The maximum absolute atomic E-state index is 5.42. The molecule has 0 aliphatic carbocycles. The Morgan fingerprint density at radius 3 is 2.52 bits per heavy atom. The topological polar surface area (TPSA) is 15.7 Å². The fourth-order valence-corrected chi connectivity index (χ4v) is 3.69. The lowest BCUT2D eigenvalue weighted by Gasteiger charge is -2.26. The molecule has 0 spiro atoms. The van der Waals surface area contributed by atoms with Crippen molar-refractivity contribution in [1.82, 2.24) is 9.21 Å². The normalized spacial score (nSPS) is 15.9. The van der Waals surface area contributed by atoms with E-state index in [0.717, 1.165) is 39.4 Å². The molecule has 0 saturated carbocycles. The first-order valence-corrected chi connectivity index (χ1v) is 8.89. The predicted octanol–water partition coefficient (Wildman–Crippen LogP) is 3.66. The number of rotatable bonds is 6. The minimum atomic E-state index is 0.855. The number of hydrogen-bond acceptors (Lipinski definition) is 4. The van der Waals surface area contributed by atoms with Crippen LogP contribution in [0, 0.1) is 0 Å². The van der Waals surface area contributed by atoms with E-state index in [9.17, 15) is 0 Å². The van der Waals surface area contributed by atoms with Gasteiger partial charge in [-0.25, -0.2) is 4.31 Å². The second-order valence-corrected chi connectivity index (χ2v) is 7.18. The zero-order valence-corrected chi connectivity index (χ0v) is 14.5. The van der Waals surface area contributed by atoms with Crippen molar-refractivity contribution in [2.24, 2.45) is 0 Å². The summed E-state index contributed by atoms with van der Waals surface area (Å²) in [6, 6.07) is 19.5.